The number of fused-ring (bicyclic) bond motifs is 1. The lowest BCUT2D eigenvalue weighted by molar-refractivity contribution is 0.196. The average molecular weight is 355 g/mol. The summed E-state index contributed by atoms with van der Waals surface area (Å²) in [4.78, 5) is 15.3. The minimum Gasteiger partial charge on any atom is -0.383 e. The third-order valence-electron chi connectivity index (χ3n) is 4.33. The van der Waals surface area contributed by atoms with Crippen molar-refractivity contribution in [3.8, 4) is 0 Å². The van der Waals surface area contributed by atoms with Gasteiger partial charge in [0.2, 0.25) is 0 Å². The van der Waals surface area contributed by atoms with Gasteiger partial charge in [0.1, 0.15) is 5.82 Å². The van der Waals surface area contributed by atoms with Gasteiger partial charge in [0.05, 0.1) is 6.61 Å². The van der Waals surface area contributed by atoms with Crippen molar-refractivity contribution < 1.29 is 13.9 Å². The summed E-state index contributed by atoms with van der Waals surface area (Å²) < 4.78 is 18.3. The second-order valence-corrected chi connectivity index (χ2v) is 6.02. The van der Waals surface area contributed by atoms with Crippen LogP contribution >= 0.6 is 0 Å². The number of halogens is 1. The van der Waals surface area contributed by atoms with Crippen molar-refractivity contribution in [3.05, 3.63) is 71.7 Å². The maximum absolute atomic E-state index is 13.3. The molecule has 0 aliphatic carbocycles. The van der Waals surface area contributed by atoms with Gasteiger partial charge in [-0.15, -0.1) is 0 Å². The van der Waals surface area contributed by atoms with Crippen molar-refractivity contribution in [2.75, 3.05) is 26.8 Å². The van der Waals surface area contributed by atoms with Gasteiger partial charge in [-0.25, -0.2) is 9.18 Å². The molecule has 0 saturated heterocycles. The van der Waals surface area contributed by atoms with Crippen LogP contribution in [-0.4, -0.2) is 37.8 Å². The first-order valence-corrected chi connectivity index (χ1v) is 8.51. The molecule has 136 valence electrons. The van der Waals surface area contributed by atoms with E-state index < -0.39 is 0 Å². The number of para-hydroxylation sites is 1. The molecule has 5 nitrogen and oxygen atoms in total. The van der Waals surface area contributed by atoms with Crippen LogP contribution in [0.4, 0.5) is 9.18 Å². The Morgan fingerprint density at radius 2 is 1.92 bits per heavy atom. The lowest BCUT2D eigenvalue weighted by Gasteiger charge is -2.18. The smallest absolute Gasteiger partial charge is 0.314 e. The zero-order valence-corrected chi connectivity index (χ0v) is 14.6. The molecular weight excluding hydrogens is 333 g/mol. The van der Waals surface area contributed by atoms with Gasteiger partial charge < -0.3 is 20.4 Å². The number of aromatic nitrogens is 1. The Morgan fingerprint density at radius 3 is 2.69 bits per heavy atom. The number of hydrogen-bond donors (Lipinski definition) is 3. The number of ether oxygens (including phenoxy) is 1. The fraction of sp³-hybridized carbons (Fsp3) is 0.250. The summed E-state index contributed by atoms with van der Waals surface area (Å²) in [6.45, 7) is 1.29. The van der Waals surface area contributed by atoms with Gasteiger partial charge in [-0.2, -0.15) is 0 Å². The van der Waals surface area contributed by atoms with Gasteiger partial charge >= 0.3 is 6.03 Å². The Labute approximate surface area is 151 Å². The molecule has 0 spiro atoms. The Kier molecular flexibility index (Phi) is 5.86. The van der Waals surface area contributed by atoms with E-state index in [2.05, 4.69) is 15.6 Å². The highest BCUT2D eigenvalue weighted by molar-refractivity contribution is 5.84. The number of methoxy groups -OCH3 is 1. The van der Waals surface area contributed by atoms with Crippen molar-refractivity contribution in [1.29, 1.82) is 0 Å². The van der Waals surface area contributed by atoms with E-state index in [9.17, 15) is 9.18 Å². The summed E-state index contributed by atoms with van der Waals surface area (Å²) in [5.41, 5.74) is 3.02. The van der Waals surface area contributed by atoms with E-state index in [1.807, 2.05) is 30.5 Å². The number of carbonyl (C=O) groups is 1. The number of rotatable bonds is 7. The summed E-state index contributed by atoms with van der Waals surface area (Å²) in [5.74, 6) is -0.378. The van der Waals surface area contributed by atoms with Gasteiger partial charge in [-0.1, -0.05) is 30.3 Å². The van der Waals surface area contributed by atoms with Gasteiger partial charge in [0.15, 0.2) is 0 Å². The number of carbonyl (C=O) groups excluding carboxylic acids is 1. The Bertz CT molecular complexity index is 861. The number of hydrogen-bond acceptors (Lipinski definition) is 2. The number of aromatic amines is 1. The fourth-order valence-corrected chi connectivity index (χ4v) is 3.01. The lowest BCUT2D eigenvalue weighted by atomic mass is 9.91. The van der Waals surface area contributed by atoms with Crippen LogP contribution in [0.25, 0.3) is 10.9 Å². The zero-order chi connectivity index (χ0) is 18.4. The summed E-state index contributed by atoms with van der Waals surface area (Å²) >= 11 is 0. The first-order chi connectivity index (χ1) is 12.7. The Hall–Kier alpha value is -2.86. The van der Waals surface area contributed by atoms with Gasteiger partial charge in [0.25, 0.3) is 0 Å². The van der Waals surface area contributed by atoms with Crippen molar-refractivity contribution in [2.24, 2.45) is 0 Å². The highest BCUT2D eigenvalue weighted by Gasteiger charge is 2.19. The predicted molar refractivity (Wildman–Crippen MR) is 99.8 cm³/mol. The molecule has 0 radical (unpaired) electrons. The third-order valence-corrected chi connectivity index (χ3v) is 4.33. The van der Waals surface area contributed by atoms with E-state index in [0.717, 1.165) is 22.0 Å². The van der Waals surface area contributed by atoms with Crippen molar-refractivity contribution >= 4 is 16.9 Å². The predicted octanol–water partition coefficient (Wildman–Crippen LogP) is 3.38. The minimum absolute atomic E-state index is 0.0973. The van der Waals surface area contributed by atoms with Crippen molar-refractivity contribution in [2.45, 2.75) is 5.92 Å². The molecule has 0 aliphatic rings. The van der Waals surface area contributed by atoms with Gasteiger partial charge in [-0.3, -0.25) is 0 Å². The SMILES string of the molecule is COCCNC(=O)NC[C@H](c1ccc(F)cc1)c1c[nH]c2ccccc12. The molecule has 0 unspecified atom stereocenters. The van der Waals surface area contributed by atoms with Crippen LogP contribution < -0.4 is 10.6 Å². The van der Waals surface area contributed by atoms with E-state index in [1.54, 1.807) is 19.2 Å². The maximum Gasteiger partial charge on any atom is 0.314 e. The Balaban J connectivity index is 1.83. The molecule has 0 bridgehead atoms. The van der Waals surface area contributed by atoms with Crippen LogP contribution in [0.5, 0.6) is 0 Å². The summed E-state index contributed by atoms with van der Waals surface area (Å²) in [5, 5.41) is 6.72. The van der Waals surface area contributed by atoms with Crippen molar-refractivity contribution in [1.82, 2.24) is 15.6 Å². The average Bonchev–Trinajstić information content (AvgIpc) is 3.08. The van der Waals surface area contributed by atoms with Crippen LogP contribution in [0.1, 0.15) is 17.0 Å². The highest BCUT2D eigenvalue weighted by atomic mass is 19.1. The molecule has 3 N–H and O–H groups in total. The molecule has 1 atom stereocenters. The van der Waals surface area contributed by atoms with Gasteiger partial charge in [-0.05, 0) is 29.3 Å². The molecule has 26 heavy (non-hydrogen) atoms. The molecule has 0 saturated carbocycles. The molecule has 1 heterocycles. The largest absolute Gasteiger partial charge is 0.383 e. The fourth-order valence-electron chi connectivity index (χ4n) is 3.01. The second-order valence-electron chi connectivity index (χ2n) is 6.02. The summed E-state index contributed by atoms with van der Waals surface area (Å²) in [6.07, 6.45) is 1.95. The lowest BCUT2D eigenvalue weighted by Crippen LogP contribution is -2.39. The second kappa shape index (κ2) is 8.49. The number of amides is 2. The number of benzene rings is 2. The maximum atomic E-state index is 13.3. The van der Waals surface area contributed by atoms with E-state index >= 15 is 0 Å². The molecule has 0 fully saturated rings. The molecule has 0 aliphatic heterocycles. The molecule has 6 heteroatoms. The Morgan fingerprint density at radius 1 is 1.15 bits per heavy atom. The topological polar surface area (TPSA) is 66.2 Å². The zero-order valence-electron chi connectivity index (χ0n) is 14.6. The monoisotopic (exact) mass is 355 g/mol. The first-order valence-electron chi connectivity index (χ1n) is 8.51. The molecule has 3 rings (SSSR count). The molecule has 3 aromatic rings. The molecule has 2 amide bonds. The normalized spacial score (nSPS) is 12.1. The van der Waals surface area contributed by atoms with Crippen LogP contribution in [0.3, 0.4) is 0 Å². The minimum atomic E-state index is -0.281. The van der Waals surface area contributed by atoms with E-state index in [1.165, 1.54) is 12.1 Å². The van der Waals surface area contributed by atoms with E-state index in [0.29, 0.717) is 19.7 Å². The van der Waals surface area contributed by atoms with Crippen LogP contribution in [0.2, 0.25) is 0 Å². The number of H-pyrrole nitrogens is 1. The summed E-state index contributed by atoms with van der Waals surface area (Å²) in [6, 6.07) is 14.1. The number of urea groups is 1. The van der Waals surface area contributed by atoms with Crippen LogP contribution in [0, 0.1) is 5.82 Å². The van der Waals surface area contributed by atoms with Crippen LogP contribution in [0.15, 0.2) is 54.7 Å². The van der Waals surface area contributed by atoms with E-state index in [4.69, 9.17) is 4.74 Å². The summed E-state index contributed by atoms with van der Waals surface area (Å²) in [7, 11) is 1.58. The molecule has 2 aromatic carbocycles. The van der Waals surface area contributed by atoms with E-state index in [-0.39, 0.29) is 17.8 Å². The molecule has 1 aromatic heterocycles. The number of nitrogens with one attached hydrogen (secondary N) is 3. The first kappa shape index (κ1) is 17.9. The quantitative estimate of drug-likeness (QED) is 0.569. The molecular formula is C20H22FN3O2. The van der Waals surface area contributed by atoms with Gasteiger partial charge in [0, 0.05) is 43.2 Å². The third kappa shape index (κ3) is 4.21. The van der Waals surface area contributed by atoms with Crippen molar-refractivity contribution in [3.63, 3.8) is 0 Å². The highest BCUT2D eigenvalue weighted by Crippen LogP contribution is 2.30. The van der Waals surface area contributed by atoms with Crippen LogP contribution in [-0.2, 0) is 4.74 Å². The standard InChI is InChI=1S/C20H22FN3O2/c1-26-11-10-22-20(25)24-12-17(14-6-8-15(21)9-7-14)18-13-23-19-5-3-2-4-16(18)19/h2-9,13,17,23H,10-12H2,1H3,(H2,22,24,25)/t17-/m1/s1.